The Morgan fingerprint density at radius 1 is 0.778 bits per heavy atom. The first kappa shape index (κ1) is 27.3. The monoisotopic (exact) mass is 500 g/mol. The van der Waals surface area contributed by atoms with Crippen molar-refractivity contribution in [1.82, 2.24) is 9.97 Å². The van der Waals surface area contributed by atoms with Gasteiger partial charge >= 0.3 is 6.18 Å². The zero-order valence-electron chi connectivity index (χ0n) is 21.0. The predicted molar refractivity (Wildman–Crippen MR) is 139 cm³/mol. The average molecular weight is 501 g/mol. The summed E-state index contributed by atoms with van der Waals surface area (Å²) in [5.41, 5.74) is 1.47. The molecule has 1 heterocycles. The maximum atomic E-state index is 13.6. The third-order valence-corrected chi connectivity index (χ3v) is 5.76. The van der Waals surface area contributed by atoms with Gasteiger partial charge in [-0.3, -0.25) is 0 Å². The smallest absolute Gasteiger partial charge is 0.421 e. The van der Waals surface area contributed by atoms with Crippen LogP contribution in [-0.4, -0.2) is 16.6 Å². The van der Waals surface area contributed by atoms with Crippen LogP contribution in [0.4, 0.5) is 36.3 Å². The summed E-state index contributed by atoms with van der Waals surface area (Å²) in [4.78, 5) is 8.02. The van der Waals surface area contributed by atoms with E-state index < -0.39 is 11.7 Å². The van der Waals surface area contributed by atoms with E-state index in [2.05, 4.69) is 34.4 Å². The van der Waals surface area contributed by atoms with E-state index in [1.807, 2.05) is 24.3 Å². The van der Waals surface area contributed by atoms with Gasteiger partial charge in [-0.1, -0.05) is 58.1 Å². The van der Waals surface area contributed by atoms with Gasteiger partial charge in [-0.25, -0.2) is 4.98 Å². The lowest BCUT2D eigenvalue weighted by atomic mass is 10.1. The van der Waals surface area contributed by atoms with Crippen molar-refractivity contribution in [1.29, 1.82) is 0 Å². The number of alkyl halides is 3. The summed E-state index contributed by atoms with van der Waals surface area (Å²) in [6.07, 6.45) is 5.11. The molecule has 0 amide bonds. The number of benzene rings is 2. The van der Waals surface area contributed by atoms with Gasteiger partial charge in [0.2, 0.25) is 5.95 Å². The van der Waals surface area contributed by atoms with Crippen LogP contribution in [0.5, 0.6) is 5.75 Å². The summed E-state index contributed by atoms with van der Waals surface area (Å²) < 4.78 is 46.6. The van der Waals surface area contributed by atoms with E-state index in [4.69, 9.17) is 4.74 Å². The van der Waals surface area contributed by atoms with Crippen LogP contribution in [0, 0.1) is 0 Å². The number of aryl methyl sites for hydroxylation is 1. The molecule has 36 heavy (non-hydrogen) atoms. The summed E-state index contributed by atoms with van der Waals surface area (Å²) in [6, 6.07) is 14.6. The van der Waals surface area contributed by atoms with Gasteiger partial charge in [0, 0.05) is 17.6 Å². The van der Waals surface area contributed by atoms with Crippen molar-refractivity contribution in [3.8, 4) is 5.75 Å². The van der Waals surface area contributed by atoms with Crippen molar-refractivity contribution in [2.75, 3.05) is 17.2 Å². The molecule has 0 spiro atoms. The molecule has 3 rings (SSSR count). The van der Waals surface area contributed by atoms with Crippen molar-refractivity contribution in [3.05, 3.63) is 65.9 Å². The molecule has 0 radical (unpaired) electrons. The third kappa shape index (κ3) is 8.73. The van der Waals surface area contributed by atoms with Crippen LogP contribution in [0.3, 0.4) is 0 Å². The standard InChI is InChI=1S/C28H35F3N4O/c1-3-5-7-9-19-36-24-17-15-22(16-18-24)33-26-25(28(29,30)31)20-32-27(35-26)34-23-13-11-21(12-14-23)10-8-6-4-2/h11-18,20H,3-10,19H2,1-2H3,(H2,32,33,34,35). The molecule has 0 aliphatic carbocycles. The highest BCUT2D eigenvalue weighted by Crippen LogP contribution is 2.35. The fourth-order valence-electron chi connectivity index (χ4n) is 3.70. The minimum atomic E-state index is -4.59. The number of unbranched alkanes of at least 4 members (excludes halogenated alkanes) is 5. The van der Waals surface area contributed by atoms with E-state index in [9.17, 15) is 13.2 Å². The number of ether oxygens (including phenoxy) is 1. The molecule has 0 aliphatic rings. The fraction of sp³-hybridized carbons (Fsp3) is 0.429. The SMILES string of the molecule is CCCCCCOc1ccc(Nc2nc(Nc3ccc(CCCCC)cc3)ncc2C(F)(F)F)cc1. The van der Waals surface area contributed by atoms with Crippen LogP contribution >= 0.6 is 0 Å². The largest absolute Gasteiger partial charge is 0.494 e. The molecule has 194 valence electrons. The Bertz CT molecular complexity index is 1050. The van der Waals surface area contributed by atoms with Gasteiger partial charge in [-0.05, 0) is 61.2 Å². The molecule has 1 aromatic heterocycles. The fourth-order valence-corrected chi connectivity index (χ4v) is 3.70. The molecule has 0 aliphatic heterocycles. The van der Waals surface area contributed by atoms with Gasteiger partial charge in [-0.2, -0.15) is 18.2 Å². The number of anilines is 4. The van der Waals surface area contributed by atoms with Gasteiger partial charge in [0.05, 0.1) is 6.61 Å². The summed E-state index contributed by atoms with van der Waals surface area (Å²) in [5.74, 6) is 0.442. The maximum absolute atomic E-state index is 13.6. The lowest BCUT2D eigenvalue weighted by Crippen LogP contribution is -2.12. The van der Waals surface area contributed by atoms with E-state index in [0.29, 0.717) is 23.7 Å². The van der Waals surface area contributed by atoms with E-state index >= 15 is 0 Å². The number of nitrogens with one attached hydrogen (secondary N) is 2. The van der Waals surface area contributed by atoms with E-state index in [-0.39, 0.29) is 11.8 Å². The summed E-state index contributed by atoms with van der Waals surface area (Å²) in [5, 5.41) is 5.79. The average Bonchev–Trinajstić information content (AvgIpc) is 2.86. The highest BCUT2D eigenvalue weighted by molar-refractivity contribution is 5.63. The van der Waals surface area contributed by atoms with Gasteiger partial charge < -0.3 is 15.4 Å². The minimum Gasteiger partial charge on any atom is -0.494 e. The molecule has 5 nitrogen and oxygen atoms in total. The zero-order valence-corrected chi connectivity index (χ0v) is 21.0. The van der Waals surface area contributed by atoms with Crippen LogP contribution in [0.2, 0.25) is 0 Å². The molecular formula is C28H35F3N4O. The number of halogens is 3. The molecule has 2 aromatic carbocycles. The van der Waals surface area contributed by atoms with Gasteiger partial charge in [0.15, 0.2) is 0 Å². The summed E-state index contributed by atoms with van der Waals surface area (Å²) >= 11 is 0. The zero-order chi connectivity index (χ0) is 25.8. The van der Waals surface area contributed by atoms with Crippen molar-refractivity contribution < 1.29 is 17.9 Å². The van der Waals surface area contributed by atoms with Gasteiger partial charge in [-0.15, -0.1) is 0 Å². The molecule has 0 atom stereocenters. The first-order valence-corrected chi connectivity index (χ1v) is 12.7. The minimum absolute atomic E-state index is 0.0799. The first-order valence-electron chi connectivity index (χ1n) is 12.7. The van der Waals surface area contributed by atoms with Crippen LogP contribution < -0.4 is 15.4 Å². The van der Waals surface area contributed by atoms with Crippen LogP contribution in [0.25, 0.3) is 0 Å². The molecule has 0 bridgehead atoms. The van der Waals surface area contributed by atoms with Crippen molar-refractivity contribution in [2.24, 2.45) is 0 Å². The van der Waals surface area contributed by atoms with Gasteiger partial charge in [0.25, 0.3) is 0 Å². The number of rotatable bonds is 14. The Labute approximate surface area is 211 Å². The number of nitrogens with zero attached hydrogens (tertiary/aromatic N) is 2. The molecular weight excluding hydrogens is 465 g/mol. The van der Waals surface area contributed by atoms with E-state index in [1.54, 1.807) is 24.3 Å². The molecule has 0 unspecified atom stereocenters. The molecule has 0 saturated heterocycles. The van der Waals surface area contributed by atoms with Crippen LogP contribution in [0.15, 0.2) is 54.7 Å². The van der Waals surface area contributed by atoms with Gasteiger partial charge in [0.1, 0.15) is 17.1 Å². The highest BCUT2D eigenvalue weighted by atomic mass is 19.4. The second kappa shape index (κ2) is 13.7. The summed E-state index contributed by atoms with van der Waals surface area (Å²) in [7, 11) is 0. The Balaban J connectivity index is 1.68. The topological polar surface area (TPSA) is 59.1 Å². The normalized spacial score (nSPS) is 11.4. The molecule has 3 aromatic rings. The van der Waals surface area contributed by atoms with Crippen molar-refractivity contribution >= 4 is 23.1 Å². The molecule has 0 saturated carbocycles. The van der Waals surface area contributed by atoms with E-state index in [1.165, 1.54) is 18.4 Å². The number of hydrogen-bond donors (Lipinski definition) is 2. The highest BCUT2D eigenvalue weighted by Gasteiger charge is 2.35. The predicted octanol–water partition coefficient (Wildman–Crippen LogP) is 8.67. The quantitative estimate of drug-likeness (QED) is 0.217. The Kier molecular flexibility index (Phi) is 10.4. The maximum Gasteiger partial charge on any atom is 0.421 e. The lowest BCUT2D eigenvalue weighted by Gasteiger charge is -2.15. The van der Waals surface area contributed by atoms with Crippen LogP contribution in [0.1, 0.15) is 69.9 Å². The Morgan fingerprint density at radius 2 is 1.42 bits per heavy atom. The number of hydrogen-bond acceptors (Lipinski definition) is 5. The summed E-state index contributed by atoms with van der Waals surface area (Å²) in [6.45, 7) is 4.94. The third-order valence-electron chi connectivity index (χ3n) is 5.76. The first-order chi connectivity index (χ1) is 17.4. The Hall–Kier alpha value is -3.29. The Morgan fingerprint density at radius 3 is 2.08 bits per heavy atom. The lowest BCUT2D eigenvalue weighted by molar-refractivity contribution is -0.137. The second-order valence-corrected chi connectivity index (χ2v) is 8.79. The van der Waals surface area contributed by atoms with Crippen molar-refractivity contribution in [3.63, 3.8) is 0 Å². The molecule has 8 heteroatoms. The molecule has 0 fully saturated rings. The molecule has 2 N–H and O–H groups in total. The van der Waals surface area contributed by atoms with E-state index in [0.717, 1.165) is 44.7 Å². The second-order valence-electron chi connectivity index (χ2n) is 8.79. The number of aromatic nitrogens is 2. The van der Waals surface area contributed by atoms with Crippen molar-refractivity contribution in [2.45, 2.75) is 71.4 Å². The van der Waals surface area contributed by atoms with Crippen LogP contribution in [-0.2, 0) is 12.6 Å².